The molecular formula is C13H22N2S. The predicted molar refractivity (Wildman–Crippen MR) is 72.9 cm³/mol. The van der Waals surface area contributed by atoms with E-state index in [4.69, 9.17) is 5.73 Å². The molecule has 1 unspecified atom stereocenters. The van der Waals surface area contributed by atoms with Gasteiger partial charge in [-0.3, -0.25) is 0 Å². The molecule has 0 aliphatic heterocycles. The highest BCUT2D eigenvalue weighted by Gasteiger charge is 2.25. The Bertz CT molecular complexity index is 319. The maximum atomic E-state index is 6.24. The van der Waals surface area contributed by atoms with Crippen LogP contribution in [0.1, 0.15) is 32.4 Å². The van der Waals surface area contributed by atoms with E-state index in [-0.39, 0.29) is 11.6 Å². The third-order valence-corrected chi connectivity index (χ3v) is 3.87. The van der Waals surface area contributed by atoms with E-state index in [2.05, 4.69) is 50.4 Å². The second-order valence-corrected chi connectivity index (χ2v) is 5.79. The Labute approximate surface area is 103 Å². The Morgan fingerprint density at radius 1 is 1.31 bits per heavy atom. The Balaban J connectivity index is 2.81. The Kier molecular flexibility index (Phi) is 4.84. The van der Waals surface area contributed by atoms with Crippen molar-refractivity contribution in [1.29, 1.82) is 0 Å². The van der Waals surface area contributed by atoms with Gasteiger partial charge in [0.15, 0.2) is 0 Å². The van der Waals surface area contributed by atoms with Gasteiger partial charge in [-0.2, -0.15) is 0 Å². The first-order chi connectivity index (χ1) is 7.51. The minimum Gasteiger partial charge on any atom is -0.322 e. The molecule has 0 spiro atoms. The van der Waals surface area contributed by atoms with E-state index in [0.717, 1.165) is 5.75 Å². The van der Waals surface area contributed by atoms with Crippen molar-refractivity contribution >= 4 is 11.8 Å². The summed E-state index contributed by atoms with van der Waals surface area (Å²) in [5.74, 6) is 1.10. The number of nitrogens with two attached hydrogens (primary N) is 1. The summed E-state index contributed by atoms with van der Waals surface area (Å²) in [6.07, 6.45) is 0. The summed E-state index contributed by atoms with van der Waals surface area (Å²) in [4.78, 5) is 1.31. The van der Waals surface area contributed by atoms with Crippen LogP contribution >= 0.6 is 11.8 Å². The van der Waals surface area contributed by atoms with Crippen molar-refractivity contribution in [3.05, 3.63) is 29.8 Å². The van der Waals surface area contributed by atoms with Gasteiger partial charge in [0.05, 0.1) is 0 Å². The molecule has 1 aromatic rings. The monoisotopic (exact) mass is 238 g/mol. The van der Waals surface area contributed by atoms with Crippen LogP contribution in [0.25, 0.3) is 0 Å². The summed E-state index contributed by atoms with van der Waals surface area (Å²) >= 11 is 1.85. The van der Waals surface area contributed by atoms with Crippen molar-refractivity contribution in [2.45, 2.75) is 37.2 Å². The molecule has 1 atom stereocenters. The molecule has 0 radical (unpaired) electrons. The van der Waals surface area contributed by atoms with Gasteiger partial charge in [-0.1, -0.05) is 19.1 Å². The van der Waals surface area contributed by atoms with Crippen molar-refractivity contribution in [2.24, 2.45) is 5.73 Å². The number of likely N-dealkylation sites (N-methyl/N-ethyl adjacent to an activating group) is 1. The molecule has 90 valence electrons. The molecule has 0 aromatic heterocycles. The molecule has 0 bridgehead atoms. The van der Waals surface area contributed by atoms with E-state index in [0.29, 0.717) is 0 Å². The van der Waals surface area contributed by atoms with Gasteiger partial charge in [0.1, 0.15) is 0 Å². The van der Waals surface area contributed by atoms with Crippen molar-refractivity contribution in [3.63, 3.8) is 0 Å². The van der Waals surface area contributed by atoms with Crippen molar-refractivity contribution in [3.8, 4) is 0 Å². The molecule has 3 heteroatoms. The molecule has 0 aliphatic rings. The minimum atomic E-state index is -0.0839. The van der Waals surface area contributed by atoms with Crippen molar-refractivity contribution < 1.29 is 0 Å². The summed E-state index contributed by atoms with van der Waals surface area (Å²) in [5, 5.41) is 3.25. The highest BCUT2D eigenvalue weighted by Crippen LogP contribution is 2.25. The zero-order valence-electron chi connectivity index (χ0n) is 10.6. The molecular weight excluding hydrogens is 216 g/mol. The minimum absolute atomic E-state index is 0.0122. The standard InChI is InChI=1S/C13H22N2S/c1-5-16-11-8-6-10(7-9-11)12(14)13(2,3)15-4/h6-9,12,15H,5,14H2,1-4H3. The number of rotatable bonds is 5. The Morgan fingerprint density at radius 2 is 1.88 bits per heavy atom. The van der Waals surface area contributed by atoms with Gasteiger partial charge >= 0.3 is 0 Å². The van der Waals surface area contributed by atoms with Gasteiger partial charge < -0.3 is 11.1 Å². The van der Waals surface area contributed by atoms with Crippen LogP contribution in [0, 0.1) is 0 Å². The van der Waals surface area contributed by atoms with Crippen LogP contribution in [0.3, 0.4) is 0 Å². The number of nitrogens with one attached hydrogen (secondary N) is 1. The van der Waals surface area contributed by atoms with Crippen LogP contribution in [0.2, 0.25) is 0 Å². The molecule has 0 amide bonds. The van der Waals surface area contributed by atoms with Crippen LogP contribution in [0.4, 0.5) is 0 Å². The zero-order valence-corrected chi connectivity index (χ0v) is 11.4. The first-order valence-electron chi connectivity index (χ1n) is 5.68. The van der Waals surface area contributed by atoms with Gasteiger partial charge in [-0.25, -0.2) is 0 Å². The lowest BCUT2D eigenvalue weighted by molar-refractivity contribution is 0.348. The lowest BCUT2D eigenvalue weighted by atomic mass is 9.90. The highest BCUT2D eigenvalue weighted by atomic mass is 32.2. The first-order valence-corrected chi connectivity index (χ1v) is 6.67. The van der Waals surface area contributed by atoms with E-state index in [1.54, 1.807) is 0 Å². The van der Waals surface area contributed by atoms with Crippen LogP contribution in [0.15, 0.2) is 29.2 Å². The molecule has 16 heavy (non-hydrogen) atoms. The molecule has 3 N–H and O–H groups in total. The van der Waals surface area contributed by atoms with E-state index in [9.17, 15) is 0 Å². The van der Waals surface area contributed by atoms with Crippen LogP contribution in [-0.4, -0.2) is 18.3 Å². The SMILES string of the molecule is CCSc1ccc(C(N)C(C)(C)NC)cc1. The van der Waals surface area contributed by atoms with Crippen molar-refractivity contribution in [1.82, 2.24) is 5.32 Å². The fraction of sp³-hybridized carbons (Fsp3) is 0.538. The molecule has 1 aromatic carbocycles. The molecule has 0 aliphatic carbocycles. The maximum absolute atomic E-state index is 6.24. The van der Waals surface area contributed by atoms with E-state index in [1.807, 2.05) is 18.8 Å². The van der Waals surface area contributed by atoms with Crippen LogP contribution in [-0.2, 0) is 0 Å². The topological polar surface area (TPSA) is 38.0 Å². The van der Waals surface area contributed by atoms with Crippen LogP contribution < -0.4 is 11.1 Å². The smallest absolute Gasteiger partial charge is 0.0474 e. The lowest BCUT2D eigenvalue weighted by Crippen LogP contribution is -2.46. The molecule has 0 saturated heterocycles. The molecule has 1 rings (SSSR count). The average molecular weight is 238 g/mol. The quantitative estimate of drug-likeness (QED) is 0.775. The second-order valence-electron chi connectivity index (χ2n) is 4.45. The van der Waals surface area contributed by atoms with Crippen molar-refractivity contribution in [2.75, 3.05) is 12.8 Å². The Morgan fingerprint density at radius 3 is 2.31 bits per heavy atom. The maximum Gasteiger partial charge on any atom is 0.0474 e. The fourth-order valence-corrected chi connectivity index (χ4v) is 2.17. The van der Waals surface area contributed by atoms with Gasteiger partial charge in [0, 0.05) is 16.5 Å². The number of hydrogen-bond acceptors (Lipinski definition) is 3. The second kappa shape index (κ2) is 5.71. The summed E-state index contributed by atoms with van der Waals surface area (Å²) in [5.41, 5.74) is 7.33. The van der Waals surface area contributed by atoms with Crippen LogP contribution in [0.5, 0.6) is 0 Å². The predicted octanol–water partition coefficient (Wildman–Crippen LogP) is 2.80. The molecule has 2 nitrogen and oxygen atoms in total. The summed E-state index contributed by atoms with van der Waals surface area (Å²) in [6.45, 7) is 6.40. The number of benzene rings is 1. The van der Waals surface area contributed by atoms with Gasteiger partial charge in [-0.15, -0.1) is 11.8 Å². The largest absolute Gasteiger partial charge is 0.322 e. The summed E-state index contributed by atoms with van der Waals surface area (Å²) in [7, 11) is 1.95. The lowest BCUT2D eigenvalue weighted by Gasteiger charge is -2.31. The van der Waals surface area contributed by atoms with Gasteiger partial charge in [-0.05, 0) is 44.3 Å². The number of thioether (sulfide) groups is 1. The average Bonchev–Trinajstić information content (AvgIpc) is 2.29. The third-order valence-electron chi connectivity index (χ3n) is 2.97. The molecule has 0 saturated carbocycles. The Hall–Kier alpha value is -0.510. The van der Waals surface area contributed by atoms with Gasteiger partial charge in [0.25, 0.3) is 0 Å². The van der Waals surface area contributed by atoms with E-state index >= 15 is 0 Å². The van der Waals surface area contributed by atoms with E-state index < -0.39 is 0 Å². The molecule has 0 heterocycles. The highest BCUT2D eigenvalue weighted by molar-refractivity contribution is 7.99. The summed E-state index contributed by atoms with van der Waals surface area (Å²) < 4.78 is 0. The third kappa shape index (κ3) is 3.24. The van der Waals surface area contributed by atoms with E-state index in [1.165, 1.54) is 10.5 Å². The zero-order chi connectivity index (χ0) is 12.2. The normalized spacial score (nSPS) is 13.8. The summed E-state index contributed by atoms with van der Waals surface area (Å²) in [6, 6.07) is 8.56. The molecule has 0 fully saturated rings. The first kappa shape index (κ1) is 13.6. The number of hydrogen-bond donors (Lipinski definition) is 2. The van der Waals surface area contributed by atoms with Gasteiger partial charge in [0.2, 0.25) is 0 Å². The fourth-order valence-electron chi connectivity index (χ4n) is 1.51.